The molecule has 6 aromatic carbocycles. The van der Waals surface area contributed by atoms with Crippen molar-refractivity contribution < 1.29 is 37.7 Å². The highest BCUT2D eigenvalue weighted by molar-refractivity contribution is 7.99. The van der Waals surface area contributed by atoms with E-state index in [0.717, 1.165) is 44.5 Å². The van der Waals surface area contributed by atoms with Crippen LogP contribution in [0.2, 0.25) is 0 Å². The third-order valence-corrected chi connectivity index (χ3v) is 13.0. The number of aliphatic hydroxyl groups is 1. The number of carboxylic acids is 1. The quantitative estimate of drug-likeness (QED) is 0.0705. The predicted octanol–water partition coefficient (Wildman–Crippen LogP) is 8.40. The molecule has 1 heterocycles. The fourth-order valence-corrected chi connectivity index (χ4v) is 9.33. The Hall–Kier alpha value is -5.60. The van der Waals surface area contributed by atoms with Crippen molar-refractivity contribution in [3.63, 3.8) is 0 Å². The number of aryl methyl sites for hydroxylation is 1. The molecule has 0 spiro atoms. The number of aliphatic hydroxyl groups excluding tert-OH is 1. The average Bonchev–Trinajstić information content (AvgIpc) is 3.28. The van der Waals surface area contributed by atoms with E-state index in [0.29, 0.717) is 17.1 Å². The van der Waals surface area contributed by atoms with Crippen LogP contribution in [0.4, 0.5) is 0 Å². The van der Waals surface area contributed by atoms with Gasteiger partial charge in [0.05, 0.1) is 29.3 Å². The molecular weight excluding hydrogens is 797 g/mol. The normalized spacial score (nSPS) is 17.1. The highest BCUT2D eigenvalue weighted by Gasteiger charge is 2.33. The molecule has 0 saturated carbocycles. The first-order valence-corrected chi connectivity index (χ1v) is 22.1. The summed E-state index contributed by atoms with van der Waals surface area (Å²) in [5, 5.41) is 22.3. The van der Waals surface area contributed by atoms with E-state index in [1.807, 2.05) is 116 Å². The van der Waals surface area contributed by atoms with Crippen molar-refractivity contribution in [2.75, 3.05) is 5.75 Å². The van der Waals surface area contributed by atoms with Crippen molar-refractivity contribution in [1.29, 1.82) is 0 Å². The van der Waals surface area contributed by atoms with Crippen LogP contribution in [-0.4, -0.2) is 48.4 Å². The van der Waals surface area contributed by atoms with Crippen LogP contribution in [-0.2, 0) is 43.9 Å². The fraction of sp³-hybridized carbons (Fsp3) is 0.208. The summed E-state index contributed by atoms with van der Waals surface area (Å²) < 4.78 is 42.6. The van der Waals surface area contributed by atoms with Gasteiger partial charge in [-0.2, -0.15) is 4.72 Å². The minimum atomic E-state index is -4.00. The van der Waals surface area contributed by atoms with Gasteiger partial charge in [-0.1, -0.05) is 133 Å². The Balaban J connectivity index is 1.07. The first kappa shape index (κ1) is 42.5. The molecule has 6 aromatic rings. The summed E-state index contributed by atoms with van der Waals surface area (Å²) in [5.74, 6) is -0.930. The van der Waals surface area contributed by atoms with Crippen molar-refractivity contribution in [1.82, 2.24) is 10.0 Å². The first-order chi connectivity index (χ1) is 29.1. The van der Waals surface area contributed by atoms with Crippen LogP contribution in [0.25, 0.3) is 11.1 Å². The van der Waals surface area contributed by atoms with E-state index in [1.54, 1.807) is 30.3 Å². The van der Waals surface area contributed by atoms with Gasteiger partial charge in [0, 0.05) is 29.2 Å². The molecule has 1 aliphatic rings. The number of aromatic carboxylic acids is 1. The number of hydrogen-bond donors (Lipinski definition) is 4. The Labute approximate surface area is 354 Å². The maximum atomic E-state index is 13.8. The standard InChI is InChI=1S/C48H46N2O8S2/c1-32-15-25-40(26-16-32)60(55,56)50-43(27-33-9-3-2-4-10-33)46(52)49-29-38-11-5-6-12-41(38)35-21-23-37(24-22-35)48-57-39(31-59-45-14-8-7-13-42(45)47(53)54)28-44(58-48)36-19-17-34(30-51)18-20-36/h2-26,39,43-44,48,50-51H,27-31H2,1H3,(H,49,52)(H,53,54)/t39-,43-,44+,48+/m1/s1. The number of thioether (sulfide) groups is 1. The number of rotatable bonds is 16. The topological polar surface area (TPSA) is 151 Å². The Bertz CT molecular complexity index is 2500. The lowest BCUT2D eigenvalue weighted by Crippen LogP contribution is -2.47. The highest BCUT2D eigenvalue weighted by atomic mass is 32.2. The van der Waals surface area contributed by atoms with E-state index in [2.05, 4.69) is 10.0 Å². The molecule has 0 bridgehead atoms. The van der Waals surface area contributed by atoms with Crippen LogP contribution >= 0.6 is 11.8 Å². The third kappa shape index (κ3) is 10.8. The zero-order valence-electron chi connectivity index (χ0n) is 32.9. The lowest BCUT2D eigenvalue weighted by atomic mass is 9.97. The molecule has 60 heavy (non-hydrogen) atoms. The maximum absolute atomic E-state index is 13.8. The summed E-state index contributed by atoms with van der Waals surface area (Å²) in [5.41, 5.74) is 7.15. The van der Waals surface area contributed by atoms with Crippen molar-refractivity contribution in [2.45, 2.75) is 67.2 Å². The number of amides is 1. The smallest absolute Gasteiger partial charge is 0.336 e. The molecule has 0 radical (unpaired) electrons. The molecule has 308 valence electrons. The summed E-state index contributed by atoms with van der Waals surface area (Å²) in [6.45, 7) is 1.97. The molecule has 10 nitrogen and oxygen atoms in total. The summed E-state index contributed by atoms with van der Waals surface area (Å²) >= 11 is 1.44. The number of carbonyl (C=O) groups is 2. The van der Waals surface area contributed by atoms with Gasteiger partial charge < -0.3 is 25.0 Å². The lowest BCUT2D eigenvalue weighted by Gasteiger charge is -2.36. The van der Waals surface area contributed by atoms with Crippen LogP contribution in [0.5, 0.6) is 0 Å². The molecule has 1 saturated heterocycles. The van der Waals surface area contributed by atoms with Crippen molar-refractivity contribution in [3.05, 3.63) is 191 Å². The summed E-state index contributed by atoms with van der Waals surface area (Å²) in [4.78, 5) is 26.4. The Morgan fingerprint density at radius 3 is 2.15 bits per heavy atom. The number of sulfonamides is 1. The number of benzene rings is 6. The van der Waals surface area contributed by atoms with Gasteiger partial charge >= 0.3 is 5.97 Å². The Kier molecular flexibility index (Phi) is 13.9. The molecule has 0 aliphatic carbocycles. The number of carbonyl (C=O) groups excluding carboxylic acids is 1. The minimum absolute atomic E-state index is 0.0630. The largest absolute Gasteiger partial charge is 0.478 e. The molecule has 12 heteroatoms. The SMILES string of the molecule is Cc1ccc(S(=O)(=O)N[C@H](Cc2ccccc2)C(=O)NCc2ccccc2-c2ccc([C@H]3O[C@@H](CSc4ccccc4C(=O)O)C[C@@H](c4ccc(CO)cc4)O3)cc2)cc1. The average molecular weight is 843 g/mol. The maximum Gasteiger partial charge on any atom is 0.336 e. The second-order valence-electron chi connectivity index (χ2n) is 14.6. The van der Waals surface area contributed by atoms with Gasteiger partial charge in [-0.3, -0.25) is 4.79 Å². The number of hydrogen-bond acceptors (Lipinski definition) is 8. The number of nitrogens with one attached hydrogen (secondary N) is 2. The molecule has 1 amide bonds. The van der Waals surface area contributed by atoms with Gasteiger partial charge in [-0.15, -0.1) is 11.8 Å². The molecule has 1 aliphatic heterocycles. The highest BCUT2D eigenvalue weighted by Crippen LogP contribution is 2.40. The van der Waals surface area contributed by atoms with Gasteiger partial charge in [0.1, 0.15) is 6.04 Å². The van der Waals surface area contributed by atoms with Gasteiger partial charge in [-0.25, -0.2) is 13.2 Å². The van der Waals surface area contributed by atoms with E-state index in [-0.39, 0.29) is 42.2 Å². The van der Waals surface area contributed by atoms with Crippen LogP contribution in [0, 0.1) is 6.92 Å². The molecule has 0 unspecified atom stereocenters. The molecule has 7 rings (SSSR count). The number of carboxylic acid groups (broad SMARTS) is 1. The molecule has 4 N–H and O–H groups in total. The lowest BCUT2D eigenvalue weighted by molar-refractivity contribution is -0.245. The molecule has 0 aromatic heterocycles. The first-order valence-electron chi connectivity index (χ1n) is 19.6. The van der Waals surface area contributed by atoms with Crippen molar-refractivity contribution >= 4 is 33.7 Å². The zero-order valence-corrected chi connectivity index (χ0v) is 34.6. The molecular formula is C48H46N2O8S2. The van der Waals surface area contributed by atoms with Crippen LogP contribution in [0.3, 0.4) is 0 Å². The van der Waals surface area contributed by atoms with Gasteiger partial charge in [-0.05, 0) is 71.0 Å². The van der Waals surface area contributed by atoms with Gasteiger partial charge in [0.15, 0.2) is 6.29 Å². The summed E-state index contributed by atoms with van der Waals surface area (Å²) in [7, 11) is -4.00. The number of ether oxygens (including phenoxy) is 2. The molecule has 1 fully saturated rings. The van der Waals surface area contributed by atoms with Gasteiger partial charge in [0.2, 0.25) is 15.9 Å². The Morgan fingerprint density at radius 2 is 1.43 bits per heavy atom. The van der Waals surface area contributed by atoms with Crippen molar-refractivity contribution in [3.8, 4) is 11.1 Å². The fourth-order valence-electron chi connectivity index (χ4n) is 7.07. The summed E-state index contributed by atoms with van der Waals surface area (Å²) in [6, 6.07) is 44.9. The minimum Gasteiger partial charge on any atom is -0.478 e. The second kappa shape index (κ2) is 19.6. The van der Waals surface area contributed by atoms with E-state index in [9.17, 15) is 28.2 Å². The monoisotopic (exact) mass is 842 g/mol. The summed E-state index contributed by atoms with van der Waals surface area (Å²) in [6.07, 6.45) is -0.581. The van der Waals surface area contributed by atoms with Gasteiger partial charge in [0.25, 0.3) is 0 Å². The Morgan fingerprint density at radius 1 is 0.767 bits per heavy atom. The molecule has 4 atom stereocenters. The predicted molar refractivity (Wildman–Crippen MR) is 232 cm³/mol. The van der Waals surface area contributed by atoms with Crippen LogP contribution < -0.4 is 10.0 Å². The zero-order chi connectivity index (χ0) is 42.1. The van der Waals surface area contributed by atoms with E-state index < -0.39 is 34.2 Å². The van der Waals surface area contributed by atoms with Crippen LogP contribution in [0.1, 0.15) is 62.6 Å². The van der Waals surface area contributed by atoms with Crippen LogP contribution in [0.15, 0.2) is 161 Å². The van der Waals surface area contributed by atoms with Crippen molar-refractivity contribution in [2.24, 2.45) is 0 Å². The van der Waals surface area contributed by atoms with E-state index in [4.69, 9.17) is 9.47 Å². The second-order valence-corrected chi connectivity index (χ2v) is 17.4. The van der Waals surface area contributed by atoms with E-state index in [1.165, 1.54) is 23.9 Å². The van der Waals surface area contributed by atoms with E-state index >= 15 is 0 Å². The third-order valence-electron chi connectivity index (χ3n) is 10.3.